The number of hydrogen-bond donors (Lipinski definition) is 2. The number of aromatic amines is 1. The van der Waals surface area contributed by atoms with Crippen LogP contribution in [-0.2, 0) is 4.74 Å². The van der Waals surface area contributed by atoms with Crippen LogP contribution in [0.25, 0.3) is 11.4 Å². The van der Waals surface area contributed by atoms with Crippen LogP contribution in [0.5, 0.6) is 5.75 Å². The molecule has 116 valence electrons. The third kappa shape index (κ3) is 3.78. The van der Waals surface area contributed by atoms with Gasteiger partial charge < -0.3 is 14.8 Å². The number of anilines is 1. The van der Waals surface area contributed by atoms with E-state index in [1.54, 1.807) is 19.2 Å². The Kier molecular flexibility index (Phi) is 5.02. The van der Waals surface area contributed by atoms with E-state index in [4.69, 9.17) is 4.74 Å². The molecule has 0 saturated carbocycles. The zero-order chi connectivity index (χ0) is 15.9. The molecule has 0 aliphatic heterocycles. The predicted octanol–water partition coefficient (Wildman–Crippen LogP) is 1.19. The number of carbonyl (C=O) groups is 1. The molecule has 0 spiro atoms. The minimum absolute atomic E-state index is 0.145. The third-order valence-electron chi connectivity index (χ3n) is 2.48. The lowest BCUT2D eigenvalue weighted by atomic mass is 10.3. The van der Waals surface area contributed by atoms with Crippen molar-refractivity contribution >= 4 is 12.1 Å². The van der Waals surface area contributed by atoms with Gasteiger partial charge in [0.1, 0.15) is 5.69 Å². The summed E-state index contributed by atoms with van der Waals surface area (Å²) in [7, 11) is 0. The second-order valence-electron chi connectivity index (χ2n) is 4.03. The van der Waals surface area contributed by atoms with Gasteiger partial charge in [-0.1, -0.05) is 0 Å². The summed E-state index contributed by atoms with van der Waals surface area (Å²) in [6, 6.07) is 2.93. The first-order valence-electron chi connectivity index (χ1n) is 6.65. The molecule has 0 aromatic carbocycles. The molecule has 0 aliphatic carbocycles. The molecule has 2 rings (SSSR count). The highest BCUT2D eigenvalue weighted by Crippen LogP contribution is 2.17. The molecule has 0 fully saturated rings. The van der Waals surface area contributed by atoms with Gasteiger partial charge in [0, 0.05) is 18.8 Å². The fourth-order valence-corrected chi connectivity index (χ4v) is 1.58. The van der Waals surface area contributed by atoms with Crippen molar-refractivity contribution in [3.8, 4) is 17.1 Å². The number of H-pyrrole nitrogens is 1. The molecular formula is C13H15N5O4. The molecular weight excluding hydrogens is 290 g/mol. The van der Waals surface area contributed by atoms with Crippen molar-refractivity contribution in [1.82, 2.24) is 20.2 Å². The Morgan fingerprint density at radius 3 is 2.91 bits per heavy atom. The minimum atomic E-state index is -0.957. The first-order valence-corrected chi connectivity index (χ1v) is 6.65. The zero-order valence-electron chi connectivity index (χ0n) is 12.1. The number of ether oxygens (including phenoxy) is 2. The molecule has 2 aromatic rings. The van der Waals surface area contributed by atoms with Crippen LogP contribution in [0.4, 0.5) is 10.7 Å². The maximum atomic E-state index is 11.6. The van der Waals surface area contributed by atoms with Crippen molar-refractivity contribution in [2.75, 3.05) is 18.5 Å². The van der Waals surface area contributed by atoms with Gasteiger partial charge in [-0.3, -0.25) is 4.79 Å². The molecule has 9 nitrogen and oxygen atoms in total. The molecule has 0 bridgehead atoms. The summed E-state index contributed by atoms with van der Waals surface area (Å²) in [6.07, 6.45) is 0.597. The normalized spacial score (nSPS) is 10.1. The SMILES string of the molecule is CCNc1nccc(-c2cc(OC(=O)OCC)c(=O)[nH]n2)n1. The van der Waals surface area contributed by atoms with E-state index in [1.165, 1.54) is 6.07 Å². The third-order valence-corrected chi connectivity index (χ3v) is 2.48. The molecule has 0 saturated heterocycles. The molecule has 0 aliphatic rings. The standard InChI is InChI=1S/C13H15N5O4/c1-3-14-12-15-6-5-8(16-12)9-7-10(11(19)18-17-9)22-13(20)21-4-2/h5-7H,3-4H2,1-2H3,(H,18,19)(H,14,15,16). The van der Waals surface area contributed by atoms with Crippen LogP contribution in [0.3, 0.4) is 0 Å². The summed E-state index contributed by atoms with van der Waals surface area (Å²) in [5.41, 5.74) is 0.161. The van der Waals surface area contributed by atoms with Gasteiger partial charge >= 0.3 is 11.7 Å². The lowest BCUT2D eigenvalue weighted by Gasteiger charge is -2.06. The smallest absolute Gasteiger partial charge is 0.434 e. The van der Waals surface area contributed by atoms with Crippen LogP contribution in [0.2, 0.25) is 0 Å². The summed E-state index contributed by atoms with van der Waals surface area (Å²) in [4.78, 5) is 31.2. The van der Waals surface area contributed by atoms with Crippen LogP contribution in [-0.4, -0.2) is 39.5 Å². The molecule has 2 heterocycles. The maximum Gasteiger partial charge on any atom is 0.514 e. The first-order chi connectivity index (χ1) is 10.6. The van der Waals surface area contributed by atoms with Crippen molar-refractivity contribution in [3.05, 3.63) is 28.7 Å². The van der Waals surface area contributed by atoms with Gasteiger partial charge in [-0.25, -0.2) is 19.9 Å². The zero-order valence-corrected chi connectivity index (χ0v) is 12.1. The Morgan fingerprint density at radius 1 is 1.36 bits per heavy atom. The number of rotatable bonds is 5. The molecule has 2 aromatic heterocycles. The van der Waals surface area contributed by atoms with E-state index < -0.39 is 11.7 Å². The second kappa shape index (κ2) is 7.16. The Bertz CT molecular complexity index is 716. The van der Waals surface area contributed by atoms with Crippen LogP contribution < -0.4 is 15.6 Å². The van der Waals surface area contributed by atoms with E-state index in [9.17, 15) is 9.59 Å². The summed E-state index contributed by atoms with van der Waals surface area (Å²) in [6.45, 7) is 4.36. The van der Waals surface area contributed by atoms with E-state index in [0.717, 1.165) is 0 Å². The van der Waals surface area contributed by atoms with Gasteiger partial charge in [0.05, 0.1) is 12.3 Å². The van der Waals surface area contributed by atoms with Gasteiger partial charge in [0.2, 0.25) is 11.7 Å². The van der Waals surface area contributed by atoms with Crippen molar-refractivity contribution in [1.29, 1.82) is 0 Å². The topological polar surface area (TPSA) is 119 Å². The van der Waals surface area contributed by atoms with Gasteiger partial charge in [0.15, 0.2) is 0 Å². The Hall–Kier alpha value is -2.97. The number of carbonyl (C=O) groups excluding carboxylic acids is 1. The predicted molar refractivity (Wildman–Crippen MR) is 77.7 cm³/mol. The summed E-state index contributed by atoms with van der Waals surface area (Å²) >= 11 is 0. The van der Waals surface area contributed by atoms with Gasteiger partial charge in [-0.15, -0.1) is 0 Å². The number of aromatic nitrogens is 4. The Labute approximate surface area is 125 Å². The fourth-order valence-electron chi connectivity index (χ4n) is 1.58. The van der Waals surface area contributed by atoms with Crippen LogP contribution >= 0.6 is 0 Å². The average molecular weight is 305 g/mol. The first kappa shape index (κ1) is 15.4. The summed E-state index contributed by atoms with van der Waals surface area (Å²) in [5, 5.41) is 9.09. The maximum absolute atomic E-state index is 11.6. The lowest BCUT2D eigenvalue weighted by molar-refractivity contribution is 0.103. The van der Waals surface area contributed by atoms with Crippen LogP contribution in [0.1, 0.15) is 13.8 Å². The number of nitrogens with one attached hydrogen (secondary N) is 2. The second-order valence-corrected chi connectivity index (χ2v) is 4.03. The average Bonchev–Trinajstić information content (AvgIpc) is 2.50. The molecule has 0 atom stereocenters. The molecule has 22 heavy (non-hydrogen) atoms. The molecule has 0 amide bonds. The number of hydrogen-bond acceptors (Lipinski definition) is 8. The number of nitrogens with zero attached hydrogens (tertiary/aromatic N) is 3. The Morgan fingerprint density at radius 2 is 2.18 bits per heavy atom. The molecule has 9 heteroatoms. The van der Waals surface area contributed by atoms with Gasteiger partial charge in [-0.2, -0.15) is 5.10 Å². The van der Waals surface area contributed by atoms with Crippen LogP contribution in [0, 0.1) is 0 Å². The highest BCUT2D eigenvalue weighted by Gasteiger charge is 2.12. The quantitative estimate of drug-likeness (QED) is 0.791. The van der Waals surface area contributed by atoms with Crippen molar-refractivity contribution in [2.24, 2.45) is 0 Å². The van der Waals surface area contributed by atoms with Gasteiger partial charge in [0.25, 0.3) is 0 Å². The van der Waals surface area contributed by atoms with Crippen molar-refractivity contribution in [3.63, 3.8) is 0 Å². The van der Waals surface area contributed by atoms with Crippen molar-refractivity contribution < 1.29 is 14.3 Å². The highest BCUT2D eigenvalue weighted by molar-refractivity contribution is 5.65. The van der Waals surface area contributed by atoms with E-state index >= 15 is 0 Å². The van der Waals surface area contributed by atoms with E-state index in [1.807, 2.05) is 6.92 Å². The lowest BCUT2D eigenvalue weighted by Crippen LogP contribution is -2.18. The largest absolute Gasteiger partial charge is 0.514 e. The van der Waals surface area contributed by atoms with Crippen molar-refractivity contribution in [2.45, 2.75) is 13.8 Å². The Balaban J connectivity index is 2.30. The summed E-state index contributed by atoms with van der Waals surface area (Å²) in [5.74, 6) is 0.216. The van der Waals surface area contributed by atoms with E-state index in [0.29, 0.717) is 23.9 Å². The molecule has 2 N–H and O–H groups in total. The van der Waals surface area contributed by atoms with E-state index in [2.05, 4.69) is 30.2 Å². The monoisotopic (exact) mass is 305 g/mol. The van der Waals surface area contributed by atoms with E-state index in [-0.39, 0.29) is 12.4 Å². The fraction of sp³-hybridized carbons (Fsp3) is 0.308. The minimum Gasteiger partial charge on any atom is -0.434 e. The summed E-state index contributed by atoms with van der Waals surface area (Å²) < 4.78 is 9.45. The highest BCUT2D eigenvalue weighted by atomic mass is 16.7. The van der Waals surface area contributed by atoms with Crippen LogP contribution in [0.15, 0.2) is 23.1 Å². The molecule has 0 radical (unpaired) electrons. The van der Waals surface area contributed by atoms with Gasteiger partial charge in [-0.05, 0) is 19.9 Å². The molecule has 0 unspecified atom stereocenters.